The first-order valence-electron chi connectivity index (χ1n) is 8.29. The topological polar surface area (TPSA) is 51.2 Å². The van der Waals surface area contributed by atoms with Crippen LogP contribution in [0.15, 0.2) is 60.1 Å². The average molecular weight is 350 g/mol. The van der Waals surface area contributed by atoms with Gasteiger partial charge in [0.15, 0.2) is 0 Å². The van der Waals surface area contributed by atoms with Gasteiger partial charge in [0.25, 0.3) is 0 Å². The van der Waals surface area contributed by atoms with Crippen LogP contribution in [0, 0.1) is 0 Å². The van der Waals surface area contributed by atoms with Crippen molar-refractivity contribution in [2.45, 2.75) is 18.9 Å². The van der Waals surface area contributed by atoms with Gasteiger partial charge in [0.1, 0.15) is 10.7 Å². The number of fused-ring (bicyclic) bond motifs is 1. The molecule has 0 spiro atoms. The van der Waals surface area contributed by atoms with Gasteiger partial charge in [-0.05, 0) is 17.5 Å². The van der Waals surface area contributed by atoms with Gasteiger partial charge in [-0.2, -0.15) is 0 Å². The highest BCUT2D eigenvalue weighted by molar-refractivity contribution is 7.14. The van der Waals surface area contributed by atoms with Gasteiger partial charge in [0.05, 0.1) is 24.6 Å². The minimum Gasteiger partial charge on any atom is -0.373 e. The molecule has 3 aromatic rings. The van der Waals surface area contributed by atoms with E-state index in [0.29, 0.717) is 13.0 Å². The fourth-order valence-corrected chi connectivity index (χ4v) is 3.85. The van der Waals surface area contributed by atoms with E-state index >= 15 is 0 Å². The van der Waals surface area contributed by atoms with E-state index in [9.17, 15) is 4.79 Å². The molecule has 126 valence electrons. The molecule has 2 heterocycles. The number of thiazole rings is 1. The summed E-state index contributed by atoms with van der Waals surface area (Å²) in [6, 6.07) is 18.1. The van der Waals surface area contributed by atoms with Crippen LogP contribution in [0.5, 0.6) is 0 Å². The van der Waals surface area contributed by atoms with Crippen LogP contribution in [0.1, 0.15) is 23.7 Å². The Balaban J connectivity index is 1.49. The molecule has 25 heavy (non-hydrogen) atoms. The average Bonchev–Trinajstić information content (AvgIpc) is 3.11. The number of nitrogens with zero attached hydrogens (tertiary/aromatic N) is 1. The van der Waals surface area contributed by atoms with Crippen molar-refractivity contribution in [3.05, 3.63) is 71.2 Å². The number of carbonyl (C=O) groups is 1. The van der Waals surface area contributed by atoms with Crippen molar-refractivity contribution in [2.24, 2.45) is 0 Å². The monoisotopic (exact) mass is 350 g/mol. The highest BCUT2D eigenvalue weighted by atomic mass is 32.1. The highest BCUT2D eigenvalue weighted by Gasteiger charge is 2.23. The molecule has 1 aliphatic heterocycles. The fourth-order valence-electron chi connectivity index (χ4n) is 3.13. The van der Waals surface area contributed by atoms with E-state index in [1.165, 1.54) is 16.9 Å². The summed E-state index contributed by atoms with van der Waals surface area (Å²) in [7, 11) is 0. The van der Waals surface area contributed by atoms with E-state index in [0.717, 1.165) is 28.2 Å². The van der Waals surface area contributed by atoms with Crippen LogP contribution >= 0.6 is 11.3 Å². The van der Waals surface area contributed by atoms with Gasteiger partial charge in [-0.25, -0.2) is 4.98 Å². The molecule has 5 heteroatoms. The van der Waals surface area contributed by atoms with Crippen LogP contribution in [0.4, 0.5) is 5.00 Å². The minimum absolute atomic E-state index is 0.0527. The summed E-state index contributed by atoms with van der Waals surface area (Å²) < 4.78 is 5.84. The maximum absolute atomic E-state index is 12.6. The first-order chi connectivity index (χ1) is 12.3. The zero-order valence-corrected chi connectivity index (χ0v) is 14.5. The molecule has 1 amide bonds. The van der Waals surface area contributed by atoms with Gasteiger partial charge in [-0.1, -0.05) is 54.6 Å². The fraction of sp³-hybridized carbons (Fsp3) is 0.200. The van der Waals surface area contributed by atoms with Crippen molar-refractivity contribution in [2.75, 3.05) is 11.9 Å². The van der Waals surface area contributed by atoms with Gasteiger partial charge in [-0.15, -0.1) is 11.3 Å². The summed E-state index contributed by atoms with van der Waals surface area (Å²) in [5, 5.41) is 3.78. The highest BCUT2D eigenvalue weighted by Crippen LogP contribution is 2.32. The van der Waals surface area contributed by atoms with E-state index in [1.807, 2.05) is 42.5 Å². The van der Waals surface area contributed by atoms with Crippen LogP contribution in [-0.4, -0.2) is 17.5 Å². The smallest absolute Gasteiger partial charge is 0.228 e. The number of nitrogens with one attached hydrogen (secondary N) is 1. The predicted molar refractivity (Wildman–Crippen MR) is 99.6 cm³/mol. The lowest BCUT2D eigenvalue weighted by atomic mass is 9.95. The van der Waals surface area contributed by atoms with Gasteiger partial charge < -0.3 is 10.1 Å². The van der Waals surface area contributed by atoms with E-state index < -0.39 is 0 Å². The SMILES string of the molecule is O=C(C[C@@H]1OCCc2ccccc21)Nc1scnc1-c1ccccc1. The number of ether oxygens (including phenoxy) is 1. The molecule has 4 nitrogen and oxygen atoms in total. The number of aromatic nitrogens is 1. The standard InChI is InChI=1S/C20H18N2O2S/c23-18(12-17-16-9-5-4-6-14(16)10-11-24-17)22-20-19(21-13-25-20)15-7-2-1-3-8-15/h1-9,13,17H,10-12H2,(H,22,23)/t17-/m0/s1. The number of hydrogen-bond donors (Lipinski definition) is 1. The number of rotatable bonds is 4. The molecule has 0 saturated heterocycles. The molecule has 0 saturated carbocycles. The summed E-state index contributed by atoms with van der Waals surface area (Å²) in [5.41, 5.74) is 5.96. The zero-order chi connectivity index (χ0) is 17.1. The van der Waals surface area contributed by atoms with Crippen LogP contribution in [0.3, 0.4) is 0 Å². The number of hydrogen-bond acceptors (Lipinski definition) is 4. The Bertz CT molecular complexity index is 876. The molecule has 4 rings (SSSR count). The zero-order valence-electron chi connectivity index (χ0n) is 13.6. The van der Waals surface area contributed by atoms with Crippen molar-refractivity contribution in [1.29, 1.82) is 0 Å². The largest absolute Gasteiger partial charge is 0.373 e. The summed E-state index contributed by atoms with van der Waals surface area (Å²) >= 11 is 1.44. The van der Waals surface area contributed by atoms with Gasteiger partial charge in [0, 0.05) is 5.56 Å². The van der Waals surface area contributed by atoms with Gasteiger partial charge >= 0.3 is 0 Å². The number of amides is 1. The summed E-state index contributed by atoms with van der Waals surface area (Å²) in [6.45, 7) is 0.658. The number of anilines is 1. The molecule has 1 atom stereocenters. The van der Waals surface area contributed by atoms with Crippen molar-refractivity contribution >= 4 is 22.2 Å². The second-order valence-corrected chi connectivity index (χ2v) is 6.81. The van der Waals surface area contributed by atoms with E-state index in [4.69, 9.17) is 4.74 Å². The Morgan fingerprint density at radius 3 is 2.84 bits per heavy atom. The normalized spacial score (nSPS) is 16.2. The third-order valence-electron chi connectivity index (χ3n) is 4.33. The van der Waals surface area contributed by atoms with Crippen molar-refractivity contribution in [3.8, 4) is 11.3 Å². The minimum atomic E-state index is -0.182. The van der Waals surface area contributed by atoms with Crippen LogP contribution < -0.4 is 5.32 Å². The summed E-state index contributed by atoms with van der Waals surface area (Å²) in [5.74, 6) is -0.0527. The van der Waals surface area contributed by atoms with E-state index in [-0.39, 0.29) is 12.0 Å². The second-order valence-electron chi connectivity index (χ2n) is 5.96. The Morgan fingerprint density at radius 2 is 1.96 bits per heavy atom. The Kier molecular flexibility index (Phi) is 4.59. The maximum atomic E-state index is 12.6. The van der Waals surface area contributed by atoms with Crippen molar-refractivity contribution < 1.29 is 9.53 Å². The van der Waals surface area contributed by atoms with Gasteiger partial charge in [-0.3, -0.25) is 4.79 Å². The molecule has 0 radical (unpaired) electrons. The van der Waals surface area contributed by atoms with Crippen LogP contribution in [0.25, 0.3) is 11.3 Å². The molecule has 1 aliphatic rings. The molecule has 2 aromatic carbocycles. The number of benzene rings is 2. The number of carbonyl (C=O) groups excluding carboxylic acids is 1. The molecule has 0 bridgehead atoms. The molecule has 0 unspecified atom stereocenters. The Labute approximate surface area is 150 Å². The van der Waals surface area contributed by atoms with Gasteiger partial charge in [0.2, 0.25) is 5.91 Å². The quantitative estimate of drug-likeness (QED) is 0.756. The lowest BCUT2D eigenvalue weighted by Crippen LogP contribution is -2.22. The predicted octanol–water partition coefficient (Wildman–Crippen LogP) is 4.45. The first kappa shape index (κ1) is 16.0. The molecule has 0 fully saturated rings. The molecule has 0 aliphatic carbocycles. The van der Waals surface area contributed by atoms with Crippen molar-refractivity contribution in [1.82, 2.24) is 4.98 Å². The Morgan fingerprint density at radius 1 is 1.16 bits per heavy atom. The second kappa shape index (κ2) is 7.17. The van der Waals surface area contributed by atoms with E-state index in [2.05, 4.69) is 22.4 Å². The van der Waals surface area contributed by atoms with Crippen LogP contribution in [-0.2, 0) is 16.0 Å². The summed E-state index contributed by atoms with van der Waals surface area (Å²) in [4.78, 5) is 17.0. The molecular formula is C20H18N2O2S. The third-order valence-corrected chi connectivity index (χ3v) is 5.07. The molecular weight excluding hydrogens is 332 g/mol. The third kappa shape index (κ3) is 3.48. The Hall–Kier alpha value is -2.50. The maximum Gasteiger partial charge on any atom is 0.228 e. The first-order valence-corrected chi connectivity index (χ1v) is 9.17. The molecule has 1 N–H and O–H groups in total. The lowest BCUT2D eigenvalue weighted by molar-refractivity contribution is -0.119. The van der Waals surface area contributed by atoms with E-state index in [1.54, 1.807) is 5.51 Å². The summed E-state index contributed by atoms with van der Waals surface area (Å²) in [6.07, 6.45) is 1.03. The van der Waals surface area contributed by atoms with Crippen molar-refractivity contribution in [3.63, 3.8) is 0 Å². The van der Waals surface area contributed by atoms with Crippen LogP contribution in [0.2, 0.25) is 0 Å². The molecule has 1 aromatic heterocycles. The lowest BCUT2D eigenvalue weighted by Gasteiger charge is -2.25.